The summed E-state index contributed by atoms with van der Waals surface area (Å²) >= 11 is 0. The number of anilines is 1. The number of amidine groups is 1. The molecule has 0 spiro atoms. The molecule has 2 aromatic rings. The van der Waals surface area contributed by atoms with Crippen molar-refractivity contribution in [3.8, 4) is 0 Å². The zero-order valence-corrected chi connectivity index (χ0v) is 10.8. The van der Waals surface area contributed by atoms with Gasteiger partial charge in [-0.1, -0.05) is 12.1 Å². The highest BCUT2D eigenvalue weighted by atomic mass is 35.5. The second-order valence-electron chi connectivity index (χ2n) is 3.69. The van der Waals surface area contributed by atoms with E-state index in [2.05, 4.69) is 10.3 Å². The molecule has 19 heavy (non-hydrogen) atoms. The van der Waals surface area contributed by atoms with Crippen molar-refractivity contribution in [2.45, 2.75) is 0 Å². The Morgan fingerprint density at radius 2 is 1.79 bits per heavy atom. The number of rotatable bonds is 3. The predicted octanol–water partition coefficient (Wildman–Crippen LogP) is 2.04. The smallest absolute Gasteiger partial charge is 0.255 e. The van der Waals surface area contributed by atoms with Crippen LogP contribution in [0, 0.1) is 5.41 Å². The van der Waals surface area contributed by atoms with Gasteiger partial charge < -0.3 is 11.1 Å². The van der Waals surface area contributed by atoms with Gasteiger partial charge in [0, 0.05) is 17.3 Å². The summed E-state index contributed by atoms with van der Waals surface area (Å²) in [6, 6.07) is 10.0. The molecule has 5 nitrogen and oxygen atoms in total. The highest BCUT2D eigenvalue weighted by Crippen LogP contribution is 2.08. The van der Waals surface area contributed by atoms with Crippen molar-refractivity contribution >= 4 is 29.8 Å². The maximum absolute atomic E-state index is 11.9. The second kappa shape index (κ2) is 6.51. The minimum Gasteiger partial charge on any atom is -0.384 e. The third-order valence-electron chi connectivity index (χ3n) is 2.38. The van der Waals surface area contributed by atoms with Crippen LogP contribution in [0.5, 0.6) is 0 Å². The Morgan fingerprint density at radius 3 is 2.32 bits per heavy atom. The van der Waals surface area contributed by atoms with E-state index in [4.69, 9.17) is 11.1 Å². The summed E-state index contributed by atoms with van der Waals surface area (Å²) in [6.45, 7) is 0. The Kier molecular flexibility index (Phi) is 5.02. The third kappa shape index (κ3) is 3.79. The van der Waals surface area contributed by atoms with Crippen LogP contribution in [-0.2, 0) is 0 Å². The minimum absolute atomic E-state index is 0. The Bertz CT molecular complexity index is 569. The van der Waals surface area contributed by atoms with Gasteiger partial charge in [0.1, 0.15) is 5.84 Å². The van der Waals surface area contributed by atoms with E-state index < -0.39 is 0 Å². The van der Waals surface area contributed by atoms with Crippen molar-refractivity contribution in [1.29, 1.82) is 5.41 Å². The lowest BCUT2D eigenvalue weighted by molar-refractivity contribution is 0.102. The number of pyridine rings is 1. The number of nitrogen functional groups attached to an aromatic ring is 1. The molecule has 0 bridgehead atoms. The first-order valence-corrected chi connectivity index (χ1v) is 5.32. The summed E-state index contributed by atoms with van der Waals surface area (Å²) in [5.41, 5.74) is 7.07. The second-order valence-corrected chi connectivity index (χ2v) is 3.69. The van der Waals surface area contributed by atoms with E-state index in [1.54, 1.807) is 48.8 Å². The molecule has 0 aliphatic carbocycles. The summed E-state index contributed by atoms with van der Waals surface area (Å²) < 4.78 is 0. The van der Waals surface area contributed by atoms with Crippen molar-refractivity contribution < 1.29 is 4.79 Å². The molecule has 6 heteroatoms. The van der Waals surface area contributed by atoms with Crippen molar-refractivity contribution in [2.75, 3.05) is 5.32 Å². The molecule has 0 saturated carbocycles. The van der Waals surface area contributed by atoms with Crippen LogP contribution in [0.1, 0.15) is 15.9 Å². The van der Waals surface area contributed by atoms with Gasteiger partial charge in [-0.3, -0.25) is 15.2 Å². The van der Waals surface area contributed by atoms with Gasteiger partial charge in [0.15, 0.2) is 0 Å². The van der Waals surface area contributed by atoms with Gasteiger partial charge in [0.25, 0.3) is 5.91 Å². The van der Waals surface area contributed by atoms with Crippen LogP contribution >= 0.6 is 12.4 Å². The van der Waals surface area contributed by atoms with Gasteiger partial charge in [0.2, 0.25) is 0 Å². The molecule has 98 valence electrons. The molecule has 0 saturated heterocycles. The molecular formula is C13H13ClN4O. The Hall–Kier alpha value is -2.40. The quantitative estimate of drug-likeness (QED) is 0.592. The van der Waals surface area contributed by atoms with Crippen molar-refractivity contribution in [2.24, 2.45) is 5.73 Å². The third-order valence-corrected chi connectivity index (χ3v) is 2.38. The molecule has 1 amide bonds. The van der Waals surface area contributed by atoms with Crippen LogP contribution in [0.15, 0.2) is 48.8 Å². The van der Waals surface area contributed by atoms with E-state index >= 15 is 0 Å². The van der Waals surface area contributed by atoms with E-state index in [0.29, 0.717) is 16.8 Å². The average Bonchev–Trinajstić information content (AvgIpc) is 2.40. The van der Waals surface area contributed by atoms with Crippen LogP contribution in [-0.4, -0.2) is 16.7 Å². The lowest BCUT2D eigenvalue weighted by Gasteiger charge is -2.05. The van der Waals surface area contributed by atoms with Crippen LogP contribution in [0.3, 0.4) is 0 Å². The first-order valence-electron chi connectivity index (χ1n) is 5.32. The zero-order valence-electron chi connectivity index (χ0n) is 9.96. The number of hydrogen-bond acceptors (Lipinski definition) is 3. The Labute approximate surface area is 116 Å². The molecule has 1 aromatic carbocycles. The number of nitrogens with one attached hydrogen (secondary N) is 2. The van der Waals surface area contributed by atoms with Crippen LogP contribution in [0.25, 0.3) is 0 Å². The van der Waals surface area contributed by atoms with E-state index in [1.807, 2.05) is 0 Å². The summed E-state index contributed by atoms with van der Waals surface area (Å²) in [5.74, 6) is -0.243. The molecule has 0 radical (unpaired) electrons. The standard InChI is InChI=1S/C13H12N4O.ClH/c14-12(15)9-3-5-10(6-4-9)13(18)17-11-2-1-7-16-8-11;/h1-8H,(H3,14,15)(H,17,18);1H. The van der Waals surface area contributed by atoms with Crippen molar-refractivity contribution in [3.05, 3.63) is 59.9 Å². The number of benzene rings is 1. The van der Waals surface area contributed by atoms with Gasteiger partial charge in [0.05, 0.1) is 11.9 Å². The van der Waals surface area contributed by atoms with Gasteiger partial charge in [-0.2, -0.15) is 0 Å². The molecule has 0 aliphatic rings. The van der Waals surface area contributed by atoms with Crippen LogP contribution in [0.2, 0.25) is 0 Å². The van der Waals surface area contributed by atoms with Gasteiger partial charge >= 0.3 is 0 Å². The Balaban J connectivity index is 0.00000180. The van der Waals surface area contributed by atoms with E-state index in [0.717, 1.165) is 0 Å². The largest absolute Gasteiger partial charge is 0.384 e. The lowest BCUT2D eigenvalue weighted by Crippen LogP contribution is -2.14. The van der Waals surface area contributed by atoms with Gasteiger partial charge in [-0.15, -0.1) is 12.4 Å². The fourth-order valence-electron chi connectivity index (χ4n) is 1.44. The fraction of sp³-hybridized carbons (Fsp3) is 0. The fourth-order valence-corrected chi connectivity index (χ4v) is 1.44. The highest BCUT2D eigenvalue weighted by Gasteiger charge is 2.06. The van der Waals surface area contributed by atoms with E-state index in [-0.39, 0.29) is 24.1 Å². The molecule has 0 aliphatic heterocycles. The molecule has 2 rings (SSSR count). The number of hydrogen-bond donors (Lipinski definition) is 3. The van der Waals surface area contributed by atoms with Gasteiger partial charge in [-0.05, 0) is 24.3 Å². The lowest BCUT2D eigenvalue weighted by atomic mass is 10.1. The van der Waals surface area contributed by atoms with Crippen molar-refractivity contribution in [3.63, 3.8) is 0 Å². The predicted molar refractivity (Wildman–Crippen MR) is 76.9 cm³/mol. The summed E-state index contributed by atoms with van der Waals surface area (Å²) in [6.07, 6.45) is 3.21. The van der Waals surface area contributed by atoms with E-state index in [1.165, 1.54) is 0 Å². The summed E-state index contributed by atoms with van der Waals surface area (Å²) in [4.78, 5) is 15.8. The molecule has 4 N–H and O–H groups in total. The number of aromatic nitrogens is 1. The number of amides is 1. The number of carbonyl (C=O) groups excluding carboxylic acids is 1. The van der Waals surface area contributed by atoms with Crippen molar-refractivity contribution in [1.82, 2.24) is 4.98 Å². The molecule has 0 atom stereocenters. The maximum Gasteiger partial charge on any atom is 0.255 e. The zero-order chi connectivity index (χ0) is 13.0. The molecule has 0 unspecified atom stereocenters. The first-order chi connectivity index (χ1) is 8.66. The summed E-state index contributed by atoms with van der Waals surface area (Å²) in [5, 5.41) is 9.98. The minimum atomic E-state index is -0.224. The summed E-state index contributed by atoms with van der Waals surface area (Å²) in [7, 11) is 0. The molecule has 0 fully saturated rings. The van der Waals surface area contributed by atoms with E-state index in [9.17, 15) is 4.79 Å². The number of halogens is 1. The first kappa shape index (κ1) is 14.7. The average molecular weight is 277 g/mol. The normalized spacial score (nSPS) is 9.26. The Morgan fingerprint density at radius 1 is 1.16 bits per heavy atom. The number of carbonyl (C=O) groups is 1. The van der Waals surface area contributed by atoms with Crippen LogP contribution < -0.4 is 11.1 Å². The van der Waals surface area contributed by atoms with Crippen LogP contribution in [0.4, 0.5) is 5.69 Å². The SMILES string of the molecule is Cl.N=C(N)c1ccc(C(=O)Nc2cccnc2)cc1. The number of nitrogens with zero attached hydrogens (tertiary/aromatic N) is 1. The topological polar surface area (TPSA) is 91.9 Å². The monoisotopic (exact) mass is 276 g/mol. The van der Waals surface area contributed by atoms with Gasteiger partial charge in [-0.25, -0.2) is 0 Å². The highest BCUT2D eigenvalue weighted by molar-refractivity contribution is 6.05. The molecular weight excluding hydrogens is 264 g/mol. The molecule has 1 heterocycles. The maximum atomic E-state index is 11.9. The number of nitrogens with two attached hydrogens (primary N) is 1. The molecule has 1 aromatic heterocycles.